The smallest absolute Gasteiger partial charge is 0.252 e. The van der Waals surface area contributed by atoms with Gasteiger partial charge < -0.3 is 9.72 Å². The highest BCUT2D eigenvalue weighted by molar-refractivity contribution is 7.89. The molecule has 0 aliphatic carbocycles. The zero-order chi connectivity index (χ0) is 21.8. The molecule has 158 valence electrons. The molecule has 0 saturated carbocycles. The minimum atomic E-state index is -3.85. The Bertz CT molecular complexity index is 1350. The summed E-state index contributed by atoms with van der Waals surface area (Å²) in [7, 11) is -2.29. The Morgan fingerprint density at radius 2 is 1.81 bits per heavy atom. The molecule has 0 fully saturated rings. The second-order valence-electron chi connectivity index (χ2n) is 7.02. The number of nitrogens with one attached hydrogen (secondary N) is 1. The van der Waals surface area contributed by atoms with Crippen LogP contribution in [0.2, 0.25) is 0 Å². The number of methoxy groups -OCH3 is 1. The van der Waals surface area contributed by atoms with E-state index in [-0.39, 0.29) is 23.5 Å². The fourth-order valence-corrected chi connectivity index (χ4v) is 4.75. The normalized spacial score (nSPS) is 11.7. The molecule has 4 aromatic rings. The fourth-order valence-electron chi connectivity index (χ4n) is 3.33. The van der Waals surface area contributed by atoms with Crippen molar-refractivity contribution in [2.75, 3.05) is 7.11 Å². The van der Waals surface area contributed by atoms with Crippen LogP contribution in [0.1, 0.15) is 11.1 Å². The van der Waals surface area contributed by atoms with Crippen molar-refractivity contribution in [3.05, 3.63) is 101 Å². The van der Waals surface area contributed by atoms with Gasteiger partial charge in [-0.3, -0.25) is 9.78 Å². The molecule has 2 aromatic carbocycles. The van der Waals surface area contributed by atoms with Crippen LogP contribution in [0.4, 0.5) is 0 Å². The summed E-state index contributed by atoms with van der Waals surface area (Å²) < 4.78 is 33.3. The van der Waals surface area contributed by atoms with Crippen molar-refractivity contribution in [2.45, 2.75) is 18.0 Å². The van der Waals surface area contributed by atoms with E-state index in [2.05, 4.69) is 9.97 Å². The van der Waals surface area contributed by atoms with Crippen LogP contribution in [0, 0.1) is 0 Å². The van der Waals surface area contributed by atoms with Crippen molar-refractivity contribution in [3.63, 3.8) is 0 Å². The zero-order valence-corrected chi connectivity index (χ0v) is 17.7. The number of benzene rings is 2. The van der Waals surface area contributed by atoms with Crippen LogP contribution >= 0.6 is 0 Å². The third-order valence-corrected chi connectivity index (χ3v) is 6.74. The molecule has 0 bridgehead atoms. The third kappa shape index (κ3) is 4.50. The molecule has 1 N–H and O–H groups in total. The monoisotopic (exact) mass is 435 g/mol. The van der Waals surface area contributed by atoms with Gasteiger partial charge in [0, 0.05) is 41.9 Å². The topological polar surface area (TPSA) is 92.4 Å². The van der Waals surface area contributed by atoms with Gasteiger partial charge in [0.25, 0.3) is 5.56 Å². The number of rotatable bonds is 7. The molecule has 0 amide bonds. The molecule has 7 nitrogen and oxygen atoms in total. The zero-order valence-electron chi connectivity index (χ0n) is 16.9. The Morgan fingerprint density at radius 1 is 1.00 bits per heavy atom. The van der Waals surface area contributed by atoms with Gasteiger partial charge in [-0.25, -0.2) is 8.42 Å². The molecular weight excluding hydrogens is 414 g/mol. The number of nitrogens with zero attached hydrogens (tertiary/aromatic N) is 2. The molecule has 4 rings (SSSR count). The van der Waals surface area contributed by atoms with Crippen LogP contribution in [-0.2, 0) is 23.1 Å². The number of sulfonamides is 1. The maximum absolute atomic E-state index is 13.4. The lowest BCUT2D eigenvalue weighted by molar-refractivity contribution is 0.399. The number of hydrogen-bond acceptors (Lipinski definition) is 5. The van der Waals surface area contributed by atoms with Crippen molar-refractivity contribution in [2.24, 2.45) is 0 Å². The lowest BCUT2D eigenvalue weighted by Gasteiger charge is -2.22. The Kier molecular flexibility index (Phi) is 5.83. The average molecular weight is 436 g/mol. The summed E-state index contributed by atoms with van der Waals surface area (Å²) in [6.45, 7) is -0.00470. The third-order valence-electron chi connectivity index (χ3n) is 4.94. The van der Waals surface area contributed by atoms with Gasteiger partial charge in [0.2, 0.25) is 10.0 Å². The van der Waals surface area contributed by atoms with E-state index in [1.807, 2.05) is 0 Å². The summed E-state index contributed by atoms with van der Waals surface area (Å²) in [4.78, 5) is 19.8. The Balaban J connectivity index is 1.77. The van der Waals surface area contributed by atoms with Crippen molar-refractivity contribution in [1.82, 2.24) is 14.3 Å². The number of pyridine rings is 2. The van der Waals surface area contributed by atoms with Crippen molar-refractivity contribution >= 4 is 20.9 Å². The van der Waals surface area contributed by atoms with E-state index in [4.69, 9.17) is 4.74 Å². The molecule has 8 heteroatoms. The number of fused-ring (bicyclic) bond motifs is 1. The minimum absolute atomic E-state index is 0.0840. The Hall–Kier alpha value is -3.49. The predicted molar refractivity (Wildman–Crippen MR) is 118 cm³/mol. The quantitative estimate of drug-likeness (QED) is 0.481. The summed E-state index contributed by atoms with van der Waals surface area (Å²) in [6, 6.07) is 18.7. The molecule has 2 heterocycles. The van der Waals surface area contributed by atoms with Gasteiger partial charge in [-0.2, -0.15) is 4.31 Å². The highest BCUT2D eigenvalue weighted by Crippen LogP contribution is 2.23. The van der Waals surface area contributed by atoms with Crippen LogP contribution < -0.4 is 10.3 Å². The second kappa shape index (κ2) is 8.71. The van der Waals surface area contributed by atoms with E-state index in [9.17, 15) is 13.2 Å². The molecule has 0 aliphatic rings. The second-order valence-corrected chi connectivity index (χ2v) is 8.96. The van der Waals surface area contributed by atoms with Crippen LogP contribution in [0.15, 0.2) is 88.8 Å². The summed E-state index contributed by atoms with van der Waals surface area (Å²) in [5, 5.41) is 0.757. The van der Waals surface area contributed by atoms with Crippen LogP contribution in [0.5, 0.6) is 5.75 Å². The van der Waals surface area contributed by atoms with E-state index in [0.29, 0.717) is 16.8 Å². The van der Waals surface area contributed by atoms with Gasteiger partial charge >= 0.3 is 0 Å². The molecular formula is C23H21N3O4S. The molecule has 0 radical (unpaired) electrons. The molecule has 0 saturated heterocycles. The van der Waals surface area contributed by atoms with Crippen molar-refractivity contribution in [3.8, 4) is 5.75 Å². The number of aromatic nitrogens is 2. The highest BCUT2D eigenvalue weighted by atomic mass is 32.2. The maximum atomic E-state index is 13.4. The summed E-state index contributed by atoms with van der Waals surface area (Å²) in [5.41, 5.74) is 1.38. The van der Waals surface area contributed by atoms with E-state index >= 15 is 0 Å². The lowest BCUT2D eigenvalue weighted by Crippen LogP contribution is -2.32. The van der Waals surface area contributed by atoms with Gasteiger partial charge in [-0.15, -0.1) is 0 Å². The van der Waals surface area contributed by atoms with Crippen molar-refractivity contribution in [1.29, 1.82) is 0 Å². The van der Waals surface area contributed by atoms with E-state index in [1.54, 1.807) is 86.2 Å². The minimum Gasteiger partial charge on any atom is -0.497 e. The lowest BCUT2D eigenvalue weighted by atomic mass is 10.1. The molecule has 0 aliphatic heterocycles. The highest BCUT2D eigenvalue weighted by Gasteiger charge is 2.26. The van der Waals surface area contributed by atoms with E-state index in [1.165, 1.54) is 4.31 Å². The van der Waals surface area contributed by atoms with Gasteiger partial charge in [0.1, 0.15) is 5.75 Å². The van der Waals surface area contributed by atoms with Gasteiger partial charge in [-0.05, 0) is 48.0 Å². The Labute approximate surface area is 180 Å². The first-order valence-corrected chi connectivity index (χ1v) is 11.1. The number of aromatic amines is 1. The first-order valence-electron chi connectivity index (χ1n) is 9.61. The maximum Gasteiger partial charge on any atom is 0.252 e. The van der Waals surface area contributed by atoms with E-state index in [0.717, 1.165) is 10.9 Å². The average Bonchev–Trinajstić information content (AvgIpc) is 2.80. The Morgan fingerprint density at radius 3 is 2.52 bits per heavy atom. The largest absolute Gasteiger partial charge is 0.497 e. The first kappa shape index (κ1) is 20.8. The molecule has 31 heavy (non-hydrogen) atoms. The van der Waals surface area contributed by atoms with Gasteiger partial charge in [-0.1, -0.05) is 24.3 Å². The first-order chi connectivity index (χ1) is 15.0. The van der Waals surface area contributed by atoms with Crippen LogP contribution in [0.3, 0.4) is 0 Å². The number of ether oxygens (including phenoxy) is 1. The summed E-state index contributed by atoms with van der Waals surface area (Å²) >= 11 is 0. The molecule has 2 aromatic heterocycles. The summed E-state index contributed by atoms with van der Waals surface area (Å²) in [5.74, 6) is 0.648. The summed E-state index contributed by atoms with van der Waals surface area (Å²) in [6.07, 6.45) is 3.24. The van der Waals surface area contributed by atoms with Crippen LogP contribution in [0.25, 0.3) is 10.9 Å². The molecule has 0 atom stereocenters. The SMILES string of the molecule is COc1ccc2[nH]c(=O)c(CN(Cc3cccnc3)S(=O)(=O)c3ccccc3)cc2c1. The molecule has 0 unspecified atom stereocenters. The number of H-pyrrole nitrogens is 1. The standard InChI is InChI=1S/C23H21N3O4S/c1-30-20-9-10-22-18(13-20)12-19(23(27)25-22)16-26(15-17-6-5-11-24-14-17)31(28,29)21-7-3-2-4-8-21/h2-14H,15-16H2,1H3,(H,25,27). The van der Waals surface area contributed by atoms with Crippen LogP contribution in [-0.4, -0.2) is 29.8 Å². The van der Waals surface area contributed by atoms with Gasteiger partial charge in [0.05, 0.1) is 12.0 Å². The van der Waals surface area contributed by atoms with E-state index < -0.39 is 10.0 Å². The van der Waals surface area contributed by atoms with Crippen molar-refractivity contribution < 1.29 is 13.2 Å². The van der Waals surface area contributed by atoms with Gasteiger partial charge in [0.15, 0.2) is 0 Å². The fraction of sp³-hybridized carbons (Fsp3) is 0.130. The molecule has 0 spiro atoms. The predicted octanol–water partition coefficient (Wildman–Crippen LogP) is 3.32. The number of hydrogen-bond donors (Lipinski definition) is 1.